The van der Waals surface area contributed by atoms with Crippen LogP contribution in [0.1, 0.15) is 96.8 Å². The second-order valence-electron chi connectivity index (χ2n) is 7.37. The molecule has 0 atom stereocenters. The second kappa shape index (κ2) is 19.6. The zero-order chi connectivity index (χ0) is 20.9. The van der Waals surface area contributed by atoms with Gasteiger partial charge in [0.05, 0.1) is 0 Å². The standard InChI is InChI=1S/C22H44O5Si/c1-5-7-8-9-10-11-12-13-14-15-16-17-18-19-20-28(24-3,25-4)27-21-26-22(23)6-2/h6H,2,5,7-21H2,1,3-4H3. The van der Waals surface area contributed by atoms with Crippen molar-refractivity contribution >= 4 is 14.8 Å². The molecule has 0 aliphatic heterocycles. The SMILES string of the molecule is C=CC(=O)OCO[Si](CCCCCCCCCCCCCCCC)(OC)OC. The van der Waals surface area contributed by atoms with Crippen molar-refractivity contribution in [2.45, 2.75) is 103 Å². The molecule has 0 aromatic heterocycles. The van der Waals surface area contributed by atoms with E-state index in [0.717, 1.165) is 25.0 Å². The Labute approximate surface area is 174 Å². The van der Waals surface area contributed by atoms with Crippen LogP contribution in [0.4, 0.5) is 0 Å². The molecule has 0 amide bonds. The van der Waals surface area contributed by atoms with Gasteiger partial charge < -0.3 is 18.0 Å². The maximum Gasteiger partial charge on any atom is 0.502 e. The fourth-order valence-corrected chi connectivity index (χ4v) is 5.13. The van der Waals surface area contributed by atoms with Crippen LogP contribution in [-0.4, -0.2) is 35.8 Å². The molecule has 0 aromatic carbocycles. The molecule has 6 heteroatoms. The van der Waals surface area contributed by atoms with Gasteiger partial charge in [-0.1, -0.05) is 97.0 Å². The molecule has 0 unspecified atom stereocenters. The van der Waals surface area contributed by atoms with Gasteiger partial charge in [0.1, 0.15) is 0 Å². The number of carbonyl (C=O) groups excluding carboxylic acids is 1. The van der Waals surface area contributed by atoms with Crippen LogP contribution in [0, 0.1) is 0 Å². The van der Waals surface area contributed by atoms with E-state index in [-0.39, 0.29) is 6.79 Å². The molecular weight excluding hydrogens is 372 g/mol. The Kier molecular flexibility index (Phi) is 19.1. The molecular formula is C22H44O5Si. The molecule has 0 rings (SSSR count). The molecule has 0 bridgehead atoms. The molecule has 0 spiro atoms. The summed E-state index contributed by atoms with van der Waals surface area (Å²) in [4.78, 5) is 11.1. The van der Waals surface area contributed by atoms with Gasteiger partial charge in [0.25, 0.3) is 0 Å². The van der Waals surface area contributed by atoms with Gasteiger partial charge >= 0.3 is 14.8 Å². The van der Waals surface area contributed by atoms with Crippen molar-refractivity contribution in [2.75, 3.05) is 21.0 Å². The summed E-state index contributed by atoms with van der Waals surface area (Å²) >= 11 is 0. The number of esters is 1. The van der Waals surface area contributed by atoms with E-state index >= 15 is 0 Å². The Hall–Kier alpha value is -0.693. The molecule has 0 heterocycles. The van der Waals surface area contributed by atoms with Crippen LogP contribution in [0.2, 0.25) is 6.04 Å². The zero-order valence-electron chi connectivity index (χ0n) is 18.6. The molecule has 0 aliphatic rings. The Morgan fingerprint density at radius 2 is 1.21 bits per heavy atom. The third-order valence-corrected chi connectivity index (χ3v) is 7.87. The summed E-state index contributed by atoms with van der Waals surface area (Å²) < 4.78 is 21.5. The highest BCUT2D eigenvalue weighted by Gasteiger charge is 2.38. The zero-order valence-corrected chi connectivity index (χ0v) is 19.6. The second-order valence-corrected chi connectivity index (χ2v) is 10.3. The van der Waals surface area contributed by atoms with Gasteiger partial charge in [0, 0.05) is 26.3 Å². The first kappa shape index (κ1) is 27.3. The number of unbranched alkanes of at least 4 members (excludes halogenated alkanes) is 13. The van der Waals surface area contributed by atoms with E-state index in [1.807, 2.05) is 0 Å². The highest BCUT2D eigenvalue weighted by atomic mass is 28.4. The van der Waals surface area contributed by atoms with E-state index in [1.54, 1.807) is 14.2 Å². The van der Waals surface area contributed by atoms with Crippen LogP contribution in [0.25, 0.3) is 0 Å². The lowest BCUT2D eigenvalue weighted by Crippen LogP contribution is -2.44. The molecule has 0 fully saturated rings. The summed E-state index contributed by atoms with van der Waals surface area (Å²) in [6.07, 6.45) is 19.7. The molecule has 166 valence electrons. The predicted octanol–water partition coefficient (Wildman–Crippen LogP) is 6.40. The minimum Gasteiger partial charge on any atom is -0.436 e. The molecule has 5 nitrogen and oxygen atoms in total. The van der Waals surface area contributed by atoms with Crippen molar-refractivity contribution in [1.82, 2.24) is 0 Å². The van der Waals surface area contributed by atoms with E-state index in [2.05, 4.69) is 13.5 Å². The van der Waals surface area contributed by atoms with Gasteiger partial charge in [-0.2, -0.15) is 0 Å². The number of hydrogen-bond acceptors (Lipinski definition) is 5. The largest absolute Gasteiger partial charge is 0.502 e. The first-order valence-electron chi connectivity index (χ1n) is 11.2. The summed E-state index contributed by atoms with van der Waals surface area (Å²) in [5.74, 6) is -0.508. The Balaban J connectivity index is 3.59. The van der Waals surface area contributed by atoms with Crippen molar-refractivity contribution in [3.63, 3.8) is 0 Å². The van der Waals surface area contributed by atoms with Gasteiger partial charge in [-0.15, -0.1) is 0 Å². The van der Waals surface area contributed by atoms with Crippen LogP contribution >= 0.6 is 0 Å². The molecule has 0 aromatic rings. The highest BCUT2D eigenvalue weighted by Crippen LogP contribution is 2.19. The van der Waals surface area contributed by atoms with Gasteiger partial charge in [-0.3, -0.25) is 0 Å². The van der Waals surface area contributed by atoms with Gasteiger partial charge in [-0.05, 0) is 6.42 Å². The monoisotopic (exact) mass is 416 g/mol. The van der Waals surface area contributed by atoms with Crippen molar-refractivity contribution in [1.29, 1.82) is 0 Å². The van der Waals surface area contributed by atoms with Gasteiger partial charge in [0.15, 0.2) is 6.79 Å². The first-order chi connectivity index (χ1) is 13.6. The van der Waals surface area contributed by atoms with Crippen molar-refractivity contribution in [2.24, 2.45) is 0 Å². The maximum absolute atomic E-state index is 11.1. The van der Waals surface area contributed by atoms with Gasteiger partial charge in [-0.25, -0.2) is 4.79 Å². The topological polar surface area (TPSA) is 54.0 Å². The molecule has 0 aliphatic carbocycles. The quantitative estimate of drug-likeness (QED) is 0.0712. The Morgan fingerprint density at radius 3 is 1.61 bits per heavy atom. The summed E-state index contributed by atoms with van der Waals surface area (Å²) in [6.45, 7) is 5.47. The van der Waals surface area contributed by atoms with Crippen molar-refractivity contribution in [3.05, 3.63) is 12.7 Å². The lowest BCUT2D eigenvalue weighted by Gasteiger charge is -2.25. The third-order valence-electron chi connectivity index (χ3n) is 5.11. The predicted molar refractivity (Wildman–Crippen MR) is 117 cm³/mol. The summed E-state index contributed by atoms with van der Waals surface area (Å²) in [5, 5.41) is 0. The average Bonchev–Trinajstić information content (AvgIpc) is 2.72. The Bertz CT molecular complexity index is 372. The summed E-state index contributed by atoms with van der Waals surface area (Å²) in [6, 6.07) is 0.740. The molecule has 28 heavy (non-hydrogen) atoms. The number of rotatable bonds is 21. The van der Waals surface area contributed by atoms with Crippen LogP contribution in [0.15, 0.2) is 12.7 Å². The molecule has 0 radical (unpaired) electrons. The first-order valence-corrected chi connectivity index (χ1v) is 13.1. The minimum absolute atomic E-state index is 0.155. The fourth-order valence-electron chi connectivity index (χ4n) is 3.25. The summed E-state index contributed by atoms with van der Waals surface area (Å²) in [5.41, 5.74) is 0. The van der Waals surface area contributed by atoms with E-state index in [4.69, 9.17) is 18.0 Å². The maximum atomic E-state index is 11.1. The lowest BCUT2D eigenvalue weighted by molar-refractivity contribution is -0.146. The Morgan fingerprint density at radius 1 is 0.786 bits per heavy atom. The van der Waals surface area contributed by atoms with E-state index < -0.39 is 14.8 Å². The third kappa shape index (κ3) is 15.3. The number of hydrogen-bond donors (Lipinski definition) is 0. The van der Waals surface area contributed by atoms with Crippen molar-refractivity contribution in [3.8, 4) is 0 Å². The average molecular weight is 417 g/mol. The van der Waals surface area contributed by atoms with Crippen molar-refractivity contribution < 1.29 is 22.8 Å². The van der Waals surface area contributed by atoms with E-state index in [1.165, 1.54) is 77.0 Å². The number of carbonyl (C=O) groups is 1. The molecule has 0 N–H and O–H groups in total. The molecule has 0 saturated heterocycles. The number of ether oxygens (including phenoxy) is 1. The smallest absolute Gasteiger partial charge is 0.436 e. The van der Waals surface area contributed by atoms with Crippen LogP contribution in [0.3, 0.4) is 0 Å². The van der Waals surface area contributed by atoms with E-state index in [0.29, 0.717) is 0 Å². The highest BCUT2D eigenvalue weighted by molar-refractivity contribution is 6.60. The normalized spacial score (nSPS) is 11.5. The minimum atomic E-state index is -2.74. The van der Waals surface area contributed by atoms with Crippen LogP contribution < -0.4 is 0 Å². The van der Waals surface area contributed by atoms with Crippen LogP contribution in [0.5, 0.6) is 0 Å². The van der Waals surface area contributed by atoms with E-state index in [9.17, 15) is 4.79 Å². The lowest BCUT2D eigenvalue weighted by atomic mass is 10.0. The van der Waals surface area contributed by atoms with Crippen LogP contribution in [-0.2, 0) is 22.8 Å². The van der Waals surface area contributed by atoms with Gasteiger partial charge in [0.2, 0.25) is 0 Å². The summed E-state index contributed by atoms with van der Waals surface area (Å²) in [7, 11) is 0.447. The molecule has 0 saturated carbocycles. The fraction of sp³-hybridized carbons (Fsp3) is 0.864.